The minimum absolute atomic E-state index is 0.195. The van der Waals surface area contributed by atoms with Gasteiger partial charge in [0.1, 0.15) is 0 Å². The number of para-hydroxylation sites is 1. The molecule has 1 aliphatic rings. The highest BCUT2D eigenvalue weighted by molar-refractivity contribution is 9.10. The van der Waals surface area contributed by atoms with E-state index in [2.05, 4.69) is 15.9 Å². The van der Waals surface area contributed by atoms with Crippen LogP contribution in [0.15, 0.2) is 89.4 Å². The summed E-state index contributed by atoms with van der Waals surface area (Å²) in [5.41, 5.74) is 0.641. The Morgan fingerprint density at radius 1 is 0.656 bits per heavy atom. The van der Waals surface area contributed by atoms with Gasteiger partial charge in [-0.25, -0.2) is 14.5 Å². The van der Waals surface area contributed by atoms with Crippen molar-refractivity contribution in [3.63, 3.8) is 0 Å². The van der Waals surface area contributed by atoms with Gasteiger partial charge in [0.15, 0.2) is 0 Å². The second-order valence-corrected chi connectivity index (χ2v) is 7.70. The molecule has 2 amide bonds. The highest BCUT2D eigenvalue weighted by Crippen LogP contribution is 2.32. The van der Waals surface area contributed by atoms with E-state index in [0.29, 0.717) is 4.47 Å². The summed E-state index contributed by atoms with van der Waals surface area (Å²) in [6.07, 6.45) is -3.26. The number of ether oxygens (including phenoxy) is 2. The van der Waals surface area contributed by atoms with E-state index in [-0.39, 0.29) is 16.8 Å². The molecular weight excluding hydrogens is 478 g/mol. The first-order valence-corrected chi connectivity index (χ1v) is 10.4. The summed E-state index contributed by atoms with van der Waals surface area (Å²) >= 11 is 3.31. The van der Waals surface area contributed by atoms with E-state index in [1.54, 1.807) is 60.7 Å². The van der Waals surface area contributed by atoms with Crippen LogP contribution in [0.4, 0.5) is 5.69 Å². The summed E-state index contributed by atoms with van der Waals surface area (Å²) < 4.78 is 11.2. The Balaban J connectivity index is 1.67. The van der Waals surface area contributed by atoms with Crippen molar-refractivity contribution in [3.8, 4) is 0 Å². The van der Waals surface area contributed by atoms with Gasteiger partial charge in [0.2, 0.25) is 12.2 Å². The van der Waals surface area contributed by atoms with Crippen molar-refractivity contribution in [1.82, 2.24) is 0 Å². The third-order valence-corrected chi connectivity index (χ3v) is 5.45. The number of rotatable bonds is 5. The molecular formula is C24H16BrNO6. The van der Waals surface area contributed by atoms with Crippen LogP contribution in [-0.4, -0.2) is 36.0 Å². The van der Waals surface area contributed by atoms with Gasteiger partial charge in [-0.15, -0.1) is 0 Å². The number of anilines is 1. The summed E-state index contributed by atoms with van der Waals surface area (Å²) in [4.78, 5) is 52.4. The summed E-state index contributed by atoms with van der Waals surface area (Å²) in [6.45, 7) is 0. The minimum Gasteiger partial charge on any atom is -0.444 e. The van der Waals surface area contributed by atoms with Crippen molar-refractivity contribution in [2.24, 2.45) is 0 Å². The number of nitrogens with zero attached hydrogens (tertiary/aromatic N) is 1. The van der Waals surface area contributed by atoms with Gasteiger partial charge in [0.25, 0.3) is 11.8 Å². The number of esters is 2. The molecule has 1 heterocycles. The van der Waals surface area contributed by atoms with E-state index in [0.717, 1.165) is 4.90 Å². The van der Waals surface area contributed by atoms with Crippen LogP contribution in [0.25, 0.3) is 0 Å². The standard InChI is InChI=1S/C24H16BrNO6/c25-17-13-7-8-14-18(17)26-21(27)19(31-23(29)15-9-3-1-4-10-15)20(22(26)28)32-24(30)16-11-5-2-6-12-16/h1-14,19-20H/t19-,20-/m1/s1. The molecule has 0 spiro atoms. The average molecular weight is 494 g/mol. The minimum atomic E-state index is -1.63. The van der Waals surface area contributed by atoms with Gasteiger partial charge < -0.3 is 9.47 Å². The van der Waals surface area contributed by atoms with E-state index < -0.39 is 36.0 Å². The molecule has 4 rings (SSSR count). The number of hydrogen-bond donors (Lipinski definition) is 0. The predicted octanol–water partition coefficient (Wildman–Crippen LogP) is 3.77. The van der Waals surface area contributed by atoms with Gasteiger partial charge in [-0.2, -0.15) is 0 Å². The molecule has 0 aliphatic carbocycles. The second kappa shape index (κ2) is 9.15. The fourth-order valence-corrected chi connectivity index (χ4v) is 3.69. The van der Waals surface area contributed by atoms with E-state index in [1.165, 1.54) is 24.3 Å². The zero-order valence-corrected chi connectivity index (χ0v) is 18.1. The van der Waals surface area contributed by atoms with E-state index in [1.807, 2.05) is 0 Å². The van der Waals surface area contributed by atoms with Crippen molar-refractivity contribution in [2.75, 3.05) is 4.90 Å². The van der Waals surface area contributed by atoms with E-state index in [9.17, 15) is 19.2 Å². The van der Waals surface area contributed by atoms with Crippen LogP contribution in [0.3, 0.4) is 0 Å². The van der Waals surface area contributed by atoms with Crippen molar-refractivity contribution in [2.45, 2.75) is 12.2 Å². The first-order chi connectivity index (χ1) is 15.5. The Bertz CT molecular complexity index is 1110. The summed E-state index contributed by atoms with van der Waals surface area (Å²) in [6, 6.07) is 22.6. The molecule has 160 valence electrons. The molecule has 0 N–H and O–H groups in total. The van der Waals surface area contributed by atoms with Crippen LogP contribution < -0.4 is 4.90 Å². The smallest absolute Gasteiger partial charge is 0.339 e. The van der Waals surface area contributed by atoms with Crippen molar-refractivity contribution in [1.29, 1.82) is 0 Å². The second-order valence-electron chi connectivity index (χ2n) is 6.85. The highest BCUT2D eigenvalue weighted by atomic mass is 79.9. The van der Waals surface area contributed by atoms with Crippen molar-refractivity contribution in [3.05, 3.63) is 101 Å². The number of hydrogen-bond acceptors (Lipinski definition) is 6. The largest absolute Gasteiger partial charge is 0.444 e. The van der Waals surface area contributed by atoms with Gasteiger partial charge >= 0.3 is 11.9 Å². The quantitative estimate of drug-likeness (QED) is 0.396. The van der Waals surface area contributed by atoms with Crippen LogP contribution in [-0.2, 0) is 19.1 Å². The number of amides is 2. The fraction of sp³-hybridized carbons (Fsp3) is 0.0833. The lowest BCUT2D eigenvalue weighted by Crippen LogP contribution is -2.37. The van der Waals surface area contributed by atoms with Crippen LogP contribution in [0.2, 0.25) is 0 Å². The summed E-state index contributed by atoms with van der Waals surface area (Å²) in [5.74, 6) is -3.24. The number of benzene rings is 3. The van der Waals surface area contributed by atoms with Gasteiger partial charge in [-0.1, -0.05) is 48.5 Å². The molecule has 1 aliphatic heterocycles. The number of halogens is 1. The first kappa shape index (κ1) is 21.5. The molecule has 8 heteroatoms. The van der Waals surface area contributed by atoms with Crippen LogP contribution >= 0.6 is 15.9 Å². The zero-order valence-electron chi connectivity index (χ0n) is 16.5. The number of imide groups is 1. The Kier molecular flexibility index (Phi) is 6.13. The lowest BCUT2D eigenvalue weighted by atomic mass is 10.2. The van der Waals surface area contributed by atoms with Crippen LogP contribution in [0.1, 0.15) is 20.7 Å². The topological polar surface area (TPSA) is 90.0 Å². The number of carbonyl (C=O) groups is 4. The maximum Gasteiger partial charge on any atom is 0.339 e. The fourth-order valence-electron chi connectivity index (χ4n) is 3.23. The summed E-state index contributed by atoms with van der Waals surface area (Å²) in [5, 5.41) is 0. The lowest BCUT2D eigenvalue weighted by molar-refractivity contribution is -0.130. The molecule has 0 radical (unpaired) electrons. The molecule has 32 heavy (non-hydrogen) atoms. The molecule has 1 saturated heterocycles. The lowest BCUT2D eigenvalue weighted by Gasteiger charge is -2.16. The third kappa shape index (κ3) is 4.17. The number of carbonyl (C=O) groups excluding carboxylic acids is 4. The Labute approximate surface area is 191 Å². The average Bonchev–Trinajstić information content (AvgIpc) is 3.04. The van der Waals surface area contributed by atoms with Crippen LogP contribution in [0.5, 0.6) is 0 Å². The maximum atomic E-state index is 13.2. The van der Waals surface area contributed by atoms with Gasteiger partial charge in [-0.05, 0) is 52.3 Å². The molecule has 7 nitrogen and oxygen atoms in total. The van der Waals surface area contributed by atoms with Gasteiger partial charge in [0.05, 0.1) is 16.8 Å². The maximum absolute atomic E-state index is 13.2. The monoisotopic (exact) mass is 493 g/mol. The SMILES string of the molecule is O=C(O[C@H]1C(=O)N(c2ccccc2Br)C(=O)[C@@H]1OC(=O)c1ccccc1)c1ccccc1. The normalized spacial score (nSPS) is 17.8. The van der Waals surface area contributed by atoms with Gasteiger partial charge in [0, 0.05) is 4.47 Å². The first-order valence-electron chi connectivity index (χ1n) is 9.62. The van der Waals surface area contributed by atoms with Gasteiger partial charge in [-0.3, -0.25) is 9.59 Å². The molecule has 0 bridgehead atoms. The predicted molar refractivity (Wildman–Crippen MR) is 118 cm³/mol. The van der Waals surface area contributed by atoms with Crippen molar-refractivity contribution >= 4 is 45.4 Å². The molecule has 0 saturated carbocycles. The molecule has 0 aromatic heterocycles. The molecule has 0 unspecified atom stereocenters. The van der Waals surface area contributed by atoms with Crippen molar-refractivity contribution < 1.29 is 28.7 Å². The Hall–Kier alpha value is -3.78. The van der Waals surface area contributed by atoms with E-state index >= 15 is 0 Å². The Morgan fingerprint density at radius 2 is 1.06 bits per heavy atom. The molecule has 2 atom stereocenters. The highest BCUT2D eigenvalue weighted by Gasteiger charge is 2.54. The zero-order chi connectivity index (χ0) is 22.7. The molecule has 3 aromatic carbocycles. The summed E-state index contributed by atoms with van der Waals surface area (Å²) in [7, 11) is 0. The third-order valence-electron chi connectivity index (χ3n) is 4.78. The Morgan fingerprint density at radius 3 is 1.50 bits per heavy atom. The van der Waals surface area contributed by atoms with E-state index in [4.69, 9.17) is 9.47 Å². The van der Waals surface area contributed by atoms with Crippen LogP contribution in [0, 0.1) is 0 Å². The molecule has 1 fully saturated rings. The molecule has 3 aromatic rings.